The van der Waals surface area contributed by atoms with E-state index >= 15 is 0 Å². The molecule has 0 bridgehead atoms. The Morgan fingerprint density at radius 3 is 2.33 bits per heavy atom. The summed E-state index contributed by atoms with van der Waals surface area (Å²) in [6, 6.07) is 16.0. The molecule has 0 radical (unpaired) electrons. The second-order valence-corrected chi connectivity index (χ2v) is 3.63. The Bertz CT molecular complexity index is 553. The molecule has 0 aliphatic heterocycles. The van der Waals surface area contributed by atoms with Crippen LogP contribution in [0, 0.1) is 0 Å². The van der Waals surface area contributed by atoms with Crippen LogP contribution in [0.3, 0.4) is 0 Å². The molecule has 0 aliphatic carbocycles. The smallest absolute Gasteiger partial charge is 0.257 e. The van der Waals surface area contributed by atoms with Gasteiger partial charge in [-0.2, -0.15) is 0 Å². The van der Waals surface area contributed by atoms with Gasteiger partial charge >= 0.3 is 0 Å². The molecular weight excluding hydrogens is 228 g/mol. The maximum atomic E-state index is 12.0. The Morgan fingerprint density at radius 1 is 0.944 bits per heavy atom. The van der Waals surface area contributed by atoms with Crippen molar-refractivity contribution in [3.8, 4) is 0 Å². The van der Waals surface area contributed by atoms with Crippen LogP contribution in [0.5, 0.6) is 0 Å². The molecule has 0 fully saturated rings. The summed E-state index contributed by atoms with van der Waals surface area (Å²) in [5.41, 5.74) is 1.62. The monoisotopic (exact) mass is 240 g/mol. The molecule has 2 amide bonds. The zero-order valence-corrected chi connectivity index (χ0v) is 9.59. The highest BCUT2D eigenvalue weighted by atomic mass is 16.2. The van der Waals surface area contributed by atoms with Crippen molar-refractivity contribution in [2.24, 2.45) is 0 Å². The van der Waals surface area contributed by atoms with Gasteiger partial charge in [0.15, 0.2) is 0 Å². The summed E-state index contributed by atoms with van der Waals surface area (Å²) in [7, 11) is 0. The van der Waals surface area contributed by atoms with Crippen LogP contribution in [0.25, 0.3) is 0 Å². The minimum Gasteiger partial charge on any atom is -0.328 e. The number of hydrogen-bond donors (Lipinski definition) is 2. The van der Waals surface area contributed by atoms with Crippen LogP contribution in [0.2, 0.25) is 0 Å². The van der Waals surface area contributed by atoms with Gasteiger partial charge in [0, 0.05) is 5.69 Å². The fourth-order valence-electron chi connectivity index (χ4n) is 1.59. The predicted octanol–water partition coefficient (Wildman–Crippen LogP) is 2.51. The molecule has 0 saturated carbocycles. The van der Waals surface area contributed by atoms with Crippen molar-refractivity contribution in [1.29, 1.82) is 0 Å². The first kappa shape index (κ1) is 11.9. The number of carbonyl (C=O) groups is 2. The summed E-state index contributed by atoms with van der Waals surface area (Å²) in [6.45, 7) is 0. The summed E-state index contributed by atoms with van der Waals surface area (Å²) in [6.07, 6.45) is 0.550. The van der Waals surface area contributed by atoms with Gasteiger partial charge in [0.2, 0.25) is 6.41 Å². The van der Waals surface area contributed by atoms with Gasteiger partial charge < -0.3 is 10.6 Å². The number of rotatable bonds is 4. The van der Waals surface area contributed by atoms with Gasteiger partial charge in [-0.05, 0) is 24.3 Å². The van der Waals surface area contributed by atoms with Crippen molar-refractivity contribution in [2.75, 3.05) is 10.6 Å². The molecule has 18 heavy (non-hydrogen) atoms. The molecule has 0 heterocycles. The molecular formula is C14H12N2O2. The minimum absolute atomic E-state index is 0.258. The lowest BCUT2D eigenvalue weighted by atomic mass is 10.1. The van der Waals surface area contributed by atoms with E-state index < -0.39 is 0 Å². The molecule has 2 aromatic rings. The van der Waals surface area contributed by atoms with E-state index in [9.17, 15) is 9.59 Å². The zero-order chi connectivity index (χ0) is 12.8. The number of anilines is 2. The van der Waals surface area contributed by atoms with Crippen LogP contribution in [0.4, 0.5) is 11.4 Å². The lowest BCUT2D eigenvalue weighted by molar-refractivity contribution is -0.105. The molecule has 2 aromatic carbocycles. The summed E-state index contributed by atoms with van der Waals surface area (Å²) >= 11 is 0. The van der Waals surface area contributed by atoms with Gasteiger partial charge in [-0.15, -0.1) is 0 Å². The van der Waals surface area contributed by atoms with Gasteiger partial charge in [-0.1, -0.05) is 30.3 Å². The molecule has 2 N–H and O–H groups in total. The van der Waals surface area contributed by atoms with Crippen molar-refractivity contribution in [3.63, 3.8) is 0 Å². The van der Waals surface area contributed by atoms with Crippen molar-refractivity contribution in [3.05, 3.63) is 60.2 Å². The first-order valence-electron chi connectivity index (χ1n) is 5.47. The van der Waals surface area contributed by atoms with Crippen LogP contribution < -0.4 is 10.6 Å². The molecule has 0 unspecified atom stereocenters. The number of hydrogen-bond acceptors (Lipinski definition) is 2. The van der Waals surface area contributed by atoms with Crippen molar-refractivity contribution in [1.82, 2.24) is 0 Å². The molecule has 90 valence electrons. The van der Waals surface area contributed by atoms with Gasteiger partial charge in [-0.25, -0.2) is 0 Å². The van der Waals surface area contributed by atoms with Gasteiger partial charge in [0.25, 0.3) is 5.91 Å². The molecule has 0 aromatic heterocycles. The van der Waals surface area contributed by atoms with Crippen LogP contribution in [-0.2, 0) is 4.79 Å². The fraction of sp³-hybridized carbons (Fsp3) is 0. The molecule has 4 nitrogen and oxygen atoms in total. The molecule has 0 saturated heterocycles. The Morgan fingerprint density at radius 2 is 1.61 bits per heavy atom. The van der Waals surface area contributed by atoms with E-state index in [0.29, 0.717) is 23.3 Å². The Balaban J connectivity index is 2.21. The number of benzene rings is 2. The third kappa shape index (κ3) is 2.74. The lowest BCUT2D eigenvalue weighted by Gasteiger charge is -2.08. The Hall–Kier alpha value is -2.62. The Labute approximate surface area is 105 Å². The summed E-state index contributed by atoms with van der Waals surface area (Å²) in [5.74, 6) is -0.258. The average Bonchev–Trinajstić information content (AvgIpc) is 2.41. The third-order valence-electron chi connectivity index (χ3n) is 2.42. The summed E-state index contributed by atoms with van der Waals surface area (Å²) in [4.78, 5) is 22.5. The van der Waals surface area contributed by atoms with Crippen LogP contribution in [-0.4, -0.2) is 12.3 Å². The molecule has 0 aliphatic rings. The van der Waals surface area contributed by atoms with E-state index in [4.69, 9.17) is 0 Å². The minimum atomic E-state index is -0.258. The highest BCUT2D eigenvalue weighted by Gasteiger charge is 2.10. The maximum absolute atomic E-state index is 12.0. The fourth-order valence-corrected chi connectivity index (χ4v) is 1.59. The Kier molecular flexibility index (Phi) is 3.71. The molecule has 2 rings (SSSR count). The van der Waals surface area contributed by atoms with E-state index in [1.807, 2.05) is 18.2 Å². The third-order valence-corrected chi connectivity index (χ3v) is 2.42. The molecule has 0 spiro atoms. The molecule has 0 atom stereocenters. The molecule has 4 heteroatoms. The number of para-hydroxylation sites is 2. The van der Waals surface area contributed by atoms with Gasteiger partial charge in [-0.3, -0.25) is 9.59 Å². The van der Waals surface area contributed by atoms with E-state index in [0.717, 1.165) is 0 Å². The van der Waals surface area contributed by atoms with Crippen LogP contribution >= 0.6 is 0 Å². The second kappa shape index (κ2) is 5.63. The first-order valence-corrected chi connectivity index (χ1v) is 5.47. The van der Waals surface area contributed by atoms with Crippen molar-refractivity contribution >= 4 is 23.7 Å². The number of carbonyl (C=O) groups excluding carboxylic acids is 2. The van der Waals surface area contributed by atoms with Crippen LogP contribution in [0.15, 0.2) is 54.6 Å². The normalized spacial score (nSPS) is 9.56. The van der Waals surface area contributed by atoms with E-state index in [2.05, 4.69) is 10.6 Å². The van der Waals surface area contributed by atoms with Crippen LogP contribution in [0.1, 0.15) is 10.4 Å². The van der Waals surface area contributed by atoms with Crippen molar-refractivity contribution < 1.29 is 9.59 Å². The zero-order valence-electron chi connectivity index (χ0n) is 9.59. The number of nitrogens with one attached hydrogen (secondary N) is 2. The second-order valence-electron chi connectivity index (χ2n) is 3.63. The largest absolute Gasteiger partial charge is 0.328 e. The highest BCUT2D eigenvalue weighted by molar-refractivity contribution is 6.08. The van der Waals surface area contributed by atoms with E-state index in [1.165, 1.54) is 0 Å². The standard InChI is InChI=1S/C14H12N2O2/c17-10-15-13-9-5-4-8-12(13)14(18)16-11-6-2-1-3-7-11/h1-10H,(H,15,17)(H,16,18). The lowest BCUT2D eigenvalue weighted by Crippen LogP contribution is -2.14. The number of amides is 2. The van der Waals surface area contributed by atoms with Crippen molar-refractivity contribution in [2.45, 2.75) is 0 Å². The quantitative estimate of drug-likeness (QED) is 0.807. The average molecular weight is 240 g/mol. The van der Waals surface area contributed by atoms with Gasteiger partial charge in [0.1, 0.15) is 0 Å². The summed E-state index contributed by atoms with van der Waals surface area (Å²) < 4.78 is 0. The topological polar surface area (TPSA) is 58.2 Å². The van der Waals surface area contributed by atoms with Gasteiger partial charge in [0.05, 0.1) is 11.3 Å². The SMILES string of the molecule is O=CNc1ccccc1C(=O)Nc1ccccc1. The van der Waals surface area contributed by atoms with E-state index in [-0.39, 0.29) is 5.91 Å². The summed E-state index contributed by atoms with van der Waals surface area (Å²) in [5, 5.41) is 5.26. The highest BCUT2D eigenvalue weighted by Crippen LogP contribution is 2.16. The predicted molar refractivity (Wildman–Crippen MR) is 70.5 cm³/mol. The maximum Gasteiger partial charge on any atom is 0.257 e. The first-order chi connectivity index (χ1) is 8.81. The van der Waals surface area contributed by atoms with E-state index in [1.54, 1.807) is 36.4 Å².